The highest BCUT2D eigenvalue weighted by Gasteiger charge is 2.10. The summed E-state index contributed by atoms with van der Waals surface area (Å²) in [5.41, 5.74) is 0.367. The van der Waals surface area contributed by atoms with Gasteiger partial charge in [-0.1, -0.05) is 0 Å². The quantitative estimate of drug-likeness (QED) is 0.784. The Hall–Kier alpha value is -2.82. The van der Waals surface area contributed by atoms with E-state index in [0.717, 1.165) is 5.56 Å². The Morgan fingerprint density at radius 2 is 1.81 bits per heavy atom. The first kappa shape index (κ1) is 13.2. The first-order chi connectivity index (χ1) is 10.1. The summed E-state index contributed by atoms with van der Waals surface area (Å²) in [5.74, 6) is 1.13. The van der Waals surface area contributed by atoms with Crippen LogP contribution in [-0.4, -0.2) is 12.1 Å². The fourth-order valence-electron chi connectivity index (χ4n) is 2.26. The molecule has 0 spiro atoms. The number of pyridine rings is 1. The molecule has 2 heterocycles. The second-order valence-electron chi connectivity index (χ2n) is 4.74. The average molecular weight is 283 g/mol. The van der Waals surface area contributed by atoms with E-state index in [4.69, 9.17) is 9.15 Å². The molecule has 0 radical (unpaired) electrons. The number of benzene rings is 1. The minimum Gasteiger partial charge on any atom is -0.497 e. The molecule has 0 aliphatic carbocycles. The lowest BCUT2D eigenvalue weighted by molar-refractivity contribution is 0.415. The van der Waals surface area contributed by atoms with Gasteiger partial charge in [0.1, 0.15) is 16.9 Å². The van der Waals surface area contributed by atoms with Gasteiger partial charge in [0, 0.05) is 16.6 Å². The fraction of sp³-hybridized carbons (Fsp3) is 0.125. The molecule has 0 amide bonds. The van der Waals surface area contributed by atoms with Crippen LogP contribution in [0, 0.1) is 6.92 Å². The molecule has 1 aromatic carbocycles. The van der Waals surface area contributed by atoms with Crippen LogP contribution in [-0.2, 0) is 0 Å². The summed E-state index contributed by atoms with van der Waals surface area (Å²) < 4.78 is 10.3. The van der Waals surface area contributed by atoms with Crippen molar-refractivity contribution < 1.29 is 9.15 Å². The summed E-state index contributed by atoms with van der Waals surface area (Å²) in [6.07, 6.45) is 0. The van der Waals surface area contributed by atoms with Gasteiger partial charge in [-0.25, -0.2) is 4.79 Å². The summed E-state index contributed by atoms with van der Waals surface area (Å²) in [7, 11) is 1.58. The number of aromatic amines is 1. The Balaban J connectivity index is 2.24. The largest absolute Gasteiger partial charge is 0.497 e. The number of hydrogen-bond donors (Lipinski definition) is 1. The molecule has 3 rings (SSSR count). The van der Waals surface area contributed by atoms with E-state index in [0.29, 0.717) is 22.6 Å². The minimum absolute atomic E-state index is 0.0397. The first-order valence-electron chi connectivity index (χ1n) is 6.40. The highest BCUT2D eigenvalue weighted by Crippen LogP contribution is 2.23. The average Bonchev–Trinajstić information content (AvgIpc) is 2.46. The number of methoxy groups -OCH3 is 1. The lowest BCUT2D eigenvalue weighted by Gasteiger charge is -2.04. The standard InChI is InChI=1S/C16H13NO4/c1-9-7-11-8-13(10-3-5-12(20-2)6-4-10)21-16(19)14(11)15(18)17-9/h3-8H,1-2H3,(H,17,18). The zero-order valence-electron chi connectivity index (χ0n) is 11.6. The molecular weight excluding hydrogens is 270 g/mol. The SMILES string of the molecule is COc1ccc(-c2cc3cc(C)[nH]c(=O)c3c(=O)o2)cc1. The lowest BCUT2D eigenvalue weighted by Crippen LogP contribution is -2.16. The highest BCUT2D eigenvalue weighted by molar-refractivity contribution is 5.83. The van der Waals surface area contributed by atoms with E-state index in [1.165, 1.54) is 0 Å². The normalized spacial score (nSPS) is 10.8. The molecule has 0 saturated heterocycles. The topological polar surface area (TPSA) is 72.3 Å². The summed E-state index contributed by atoms with van der Waals surface area (Å²) in [6, 6.07) is 10.6. The Morgan fingerprint density at radius 1 is 1.10 bits per heavy atom. The molecular formula is C16H13NO4. The van der Waals surface area contributed by atoms with E-state index in [-0.39, 0.29) is 5.39 Å². The molecule has 0 aliphatic rings. The Kier molecular flexibility index (Phi) is 3.10. The van der Waals surface area contributed by atoms with Crippen LogP contribution >= 0.6 is 0 Å². The molecule has 0 fully saturated rings. The summed E-state index contributed by atoms with van der Waals surface area (Å²) in [4.78, 5) is 26.4. The molecule has 0 aliphatic heterocycles. The third-order valence-electron chi connectivity index (χ3n) is 3.27. The van der Waals surface area contributed by atoms with Crippen LogP contribution in [0.15, 0.2) is 50.4 Å². The zero-order valence-corrected chi connectivity index (χ0v) is 11.6. The van der Waals surface area contributed by atoms with Gasteiger partial charge in [0.25, 0.3) is 5.56 Å². The molecule has 5 nitrogen and oxygen atoms in total. The van der Waals surface area contributed by atoms with E-state index in [1.807, 2.05) is 0 Å². The monoisotopic (exact) mass is 283 g/mol. The van der Waals surface area contributed by atoms with Crippen molar-refractivity contribution in [2.75, 3.05) is 7.11 Å². The van der Waals surface area contributed by atoms with Crippen molar-refractivity contribution in [3.8, 4) is 17.1 Å². The fourth-order valence-corrected chi connectivity index (χ4v) is 2.26. The van der Waals surface area contributed by atoms with Crippen LogP contribution in [0.5, 0.6) is 5.75 Å². The number of ether oxygens (including phenoxy) is 1. The number of aryl methyl sites for hydroxylation is 1. The van der Waals surface area contributed by atoms with Gasteiger partial charge in [0.2, 0.25) is 0 Å². The molecule has 0 unspecified atom stereocenters. The predicted molar refractivity (Wildman–Crippen MR) is 79.8 cm³/mol. The van der Waals surface area contributed by atoms with E-state index in [1.54, 1.807) is 50.4 Å². The van der Waals surface area contributed by atoms with Crippen LogP contribution in [0.25, 0.3) is 22.1 Å². The number of nitrogens with one attached hydrogen (secondary N) is 1. The summed E-state index contributed by atoms with van der Waals surface area (Å²) >= 11 is 0. The smallest absolute Gasteiger partial charge is 0.349 e. The van der Waals surface area contributed by atoms with Gasteiger partial charge in [-0.05, 0) is 43.3 Å². The molecule has 1 N–H and O–H groups in total. The zero-order chi connectivity index (χ0) is 15.0. The number of H-pyrrole nitrogens is 1. The Morgan fingerprint density at radius 3 is 2.48 bits per heavy atom. The number of aromatic nitrogens is 1. The number of hydrogen-bond acceptors (Lipinski definition) is 4. The van der Waals surface area contributed by atoms with Crippen LogP contribution in [0.1, 0.15) is 5.69 Å². The third-order valence-corrected chi connectivity index (χ3v) is 3.27. The van der Waals surface area contributed by atoms with Crippen molar-refractivity contribution in [1.82, 2.24) is 4.98 Å². The van der Waals surface area contributed by atoms with Crippen molar-refractivity contribution in [3.63, 3.8) is 0 Å². The summed E-state index contributed by atoms with van der Waals surface area (Å²) in [6.45, 7) is 1.77. The lowest BCUT2D eigenvalue weighted by atomic mass is 10.1. The van der Waals surface area contributed by atoms with Crippen molar-refractivity contribution in [3.05, 3.63) is 62.9 Å². The van der Waals surface area contributed by atoms with Gasteiger partial charge in [-0.3, -0.25) is 4.79 Å². The van der Waals surface area contributed by atoms with E-state index >= 15 is 0 Å². The Labute approximate surface area is 119 Å². The molecule has 2 aromatic heterocycles. The van der Waals surface area contributed by atoms with Gasteiger partial charge >= 0.3 is 5.63 Å². The van der Waals surface area contributed by atoms with E-state index in [2.05, 4.69) is 4.98 Å². The Bertz CT molecular complexity index is 920. The molecule has 21 heavy (non-hydrogen) atoms. The van der Waals surface area contributed by atoms with Gasteiger partial charge in [-0.2, -0.15) is 0 Å². The second kappa shape index (κ2) is 4.94. The first-order valence-corrected chi connectivity index (χ1v) is 6.40. The molecule has 3 aromatic rings. The third kappa shape index (κ3) is 2.33. The molecule has 0 saturated carbocycles. The van der Waals surface area contributed by atoms with E-state index in [9.17, 15) is 9.59 Å². The van der Waals surface area contributed by atoms with Crippen LogP contribution in [0.4, 0.5) is 0 Å². The van der Waals surface area contributed by atoms with Crippen LogP contribution < -0.4 is 15.9 Å². The van der Waals surface area contributed by atoms with Crippen LogP contribution in [0.3, 0.4) is 0 Å². The molecule has 5 heteroatoms. The number of rotatable bonds is 2. The maximum atomic E-state index is 12.0. The highest BCUT2D eigenvalue weighted by atomic mass is 16.5. The maximum Gasteiger partial charge on any atom is 0.349 e. The van der Waals surface area contributed by atoms with Crippen molar-refractivity contribution in [1.29, 1.82) is 0 Å². The van der Waals surface area contributed by atoms with Crippen LogP contribution in [0.2, 0.25) is 0 Å². The molecule has 0 bridgehead atoms. The predicted octanol–water partition coefficient (Wildman–Crippen LogP) is 2.47. The van der Waals surface area contributed by atoms with Gasteiger partial charge < -0.3 is 14.1 Å². The number of fused-ring (bicyclic) bond motifs is 1. The van der Waals surface area contributed by atoms with Crippen molar-refractivity contribution >= 4 is 10.8 Å². The molecule has 0 atom stereocenters. The summed E-state index contributed by atoms with van der Waals surface area (Å²) in [5, 5.41) is 0.608. The van der Waals surface area contributed by atoms with E-state index < -0.39 is 11.2 Å². The maximum absolute atomic E-state index is 12.0. The minimum atomic E-state index is -0.639. The van der Waals surface area contributed by atoms with Crippen molar-refractivity contribution in [2.45, 2.75) is 6.92 Å². The van der Waals surface area contributed by atoms with Gasteiger partial charge in [-0.15, -0.1) is 0 Å². The molecule has 106 valence electrons. The second-order valence-corrected chi connectivity index (χ2v) is 4.74. The van der Waals surface area contributed by atoms with Gasteiger partial charge in [0.05, 0.1) is 7.11 Å². The van der Waals surface area contributed by atoms with Gasteiger partial charge in [0.15, 0.2) is 0 Å². The van der Waals surface area contributed by atoms with Crippen molar-refractivity contribution in [2.24, 2.45) is 0 Å².